The number of benzene rings is 3. The Morgan fingerprint density at radius 1 is 1.00 bits per heavy atom. The van der Waals surface area contributed by atoms with Crippen LogP contribution >= 0.6 is 11.8 Å². The van der Waals surface area contributed by atoms with Crippen molar-refractivity contribution in [2.24, 2.45) is 11.7 Å². The number of nitrogens with zero attached hydrogens (tertiary/aromatic N) is 1. The molecule has 2 atom stereocenters. The number of thioether (sulfide) groups is 1. The van der Waals surface area contributed by atoms with E-state index in [1.807, 2.05) is 44.4 Å². The second-order valence-corrected chi connectivity index (χ2v) is 14.7. The third-order valence-corrected chi connectivity index (χ3v) is 11.2. The average molecular weight is 613 g/mol. The molecule has 3 aromatic rings. The lowest BCUT2D eigenvalue weighted by Gasteiger charge is -2.42. The van der Waals surface area contributed by atoms with Gasteiger partial charge < -0.3 is 24.7 Å². The molecular formula is C32H40N2O6S2. The summed E-state index contributed by atoms with van der Waals surface area (Å²) in [5.41, 5.74) is 7.35. The second-order valence-electron chi connectivity index (χ2n) is 11.6. The Hall–Kier alpha value is -2.76. The third kappa shape index (κ3) is 5.75. The van der Waals surface area contributed by atoms with Gasteiger partial charge in [-0.3, -0.25) is 0 Å². The maximum Gasteiger partial charge on any atom is 0.231 e. The molecule has 42 heavy (non-hydrogen) atoms. The van der Waals surface area contributed by atoms with Crippen LogP contribution in [0.1, 0.15) is 45.2 Å². The molecule has 0 unspecified atom stereocenters. The Morgan fingerprint density at radius 2 is 1.67 bits per heavy atom. The molecule has 0 aromatic heterocycles. The van der Waals surface area contributed by atoms with Gasteiger partial charge in [-0.2, -0.15) is 0 Å². The van der Waals surface area contributed by atoms with Gasteiger partial charge in [-0.25, -0.2) is 13.3 Å². The number of rotatable bonds is 11. The van der Waals surface area contributed by atoms with Gasteiger partial charge in [0, 0.05) is 24.1 Å². The maximum absolute atomic E-state index is 14.9. The van der Waals surface area contributed by atoms with Crippen LogP contribution in [0.3, 0.4) is 0 Å². The lowest BCUT2D eigenvalue weighted by Crippen LogP contribution is -2.62. The van der Waals surface area contributed by atoms with E-state index in [9.17, 15) is 8.42 Å². The normalized spacial score (nSPS) is 21.6. The number of fused-ring (bicyclic) bond motifs is 1. The summed E-state index contributed by atoms with van der Waals surface area (Å²) in [5.74, 6) is 1.83. The number of sulfone groups is 1. The van der Waals surface area contributed by atoms with E-state index in [0.29, 0.717) is 30.3 Å². The van der Waals surface area contributed by atoms with Crippen molar-refractivity contribution >= 4 is 21.6 Å². The summed E-state index contributed by atoms with van der Waals surface area (Å²) < 4.78 is 53.4. The molecule has 0 bridgehead atoms. The van der Waals surface area contributed by atoms with E-state index < -0.39 is 26.5 Å². The van der Waals surface area contributed by atoms with Crippen molar-refractivity contribution in [1.29, 1.82) is 0 Å². The number of ether oxygens (including phenoxy) is 4. The van der Waals surface area contributed by atoms with Gasteiger partial charge in [-0.15, -0.1) is 11.8 Å². The zero-order valence-electron chi connectivity index (χ0n) is 24.8. The zero-order valence-corrected chi connectivity index (χ0v) is 26.5. The molecule has 0 aliphatic carbocycles. The highest BCUT2D eigenvalue weighted by molar-refractivity contribution is 7.98. The van der Waals surface area contributed by atoms with Gasteiger partial charge in [0.1, 0.15) is 18.1 Å². The lowest BCUT2D eigenvalue weighted by atomic mass is 9.93. The highest BCUT2D eigenvalue weighted by Gasteiger charge is 2.65. The van der Waals surface area contributed by atoms with E-state index >= 15 is 0 Å². The second kappa shape index (κ2) is 12.1. The monoisotopic (exact) mass is 612 g/mol. The first kappa shape index (κ1) is 30.7. The Balaban J connectivity index is 1.50. The van der Waals surface area contributed by atoms with Crippen molar-refractivity contribution in [3.63, 3.8) is 0 Å². The van der Waals surface area contributed by atoms with E-state index in [2.05, 4.69) is 38.1 Å². The average Bonchev–Trinajstić information content (AvgIpc) is 3.52. The van der Waals surface area contributed by atoms with E-state index in [4.69, 9.17) is 24.7 Å². The first-order valence-corrected chi connectivity index (χ1v) is 16.9. The standard InChI is InChI=1S/C32H40N2O6S2/c1-22(2)16-30-32(34(20-33)31(3,4)40-30,42(35,36)27-14-15-28-29(17-27)39-21-38-28)18-23-6-10-25(11-7-23)37-19-24-8-12-26(41-5)13-9-24/h6-15,17,22,30H,16,18-21,33H2,1-5H3/t30-,32+/m1/s1. The molecular weight excluding hydrogens is 572 g/mol. The van der Waals surface area contributed by atoms with Crippen LogP contribution in [-0.2, 0) is 27.6 Å². The molecule has 0 saturated carbocycles. The highest BCUT2D eigenvalue weighted by atomic mass is 32.2. The van der Waals surface area contributed by atoms with Gasteiger partial charge >= 0.3 is 0 Å². The van der Waals surface area contributed by atoms with Gasteiger partial charge in [0.15, 0.2) is 16.4 Å². The molecule has 2 aliphatic rings. The molecule has 5 rings (SSSR count). The fourth-order valence-corrected chi connectivity index (χ4v) is 8.68. The molecule has 226 valence electrons. The van der Waals surface area contributed by atoms with Gasteiger partial charge in [0.25, 0.3) is 0 Å². The molecule has 10 heteroatoms. The molecule has 8 nitrogen and oxygen atoms in total. The molecule has 2 aliphatic heterocycles. The zero-order chi connectivity index (χ0) is 30.1. The van der Waals surface area contributed by atoms with Gasteiger partial charge in [0.05, 0.1) is 11.0 Å². The summed E-state index contributed by atoms with van der Waals surface area (Å²) >= 11 is 1.70. The number of hydrogen-bond donors (Lipinski definition) is 1. The first-order valence-electron chi connectivity index (χ1n) is 14.1. The van der Waals surface area contributed by atoms with Crippen molar-refractivity contribution in [1.82, 2.24) is 4.90 Å². The smallest absolute Gasteiger partial charge is 0.231 e. The number of hydrogen-bond acceptors (Lipinski definition) is 9. The quantitative estimate of drug-likeness (QED) is 0.268. The molecule has 1 saturated heterocycles. The predicted octanol–water partition coefficient (Wildman–Crippen LogP) is 5.83. The lowest BCUT2D eigenvalue weighted by molar-refractivity contribution is -0.0786. The summed E-state index contributed by atoms with van der Waals surface area (Å²) in [7, 11) is -4.06. The third-order valence-electron chi connectivity index (χ3n) is 7.97. The number of nitrogens with two attached hydrogens (primary N) is 1. The van der Waals surface area contributed by atoms with Gasteiger partial charge in [-0.05, 0) is 80.0 Å². The molecule has 2 N–H and O–H groups in total. The Bertz CT molecular complexity index is 1490. The van der Waals surface area contributed by atoms with Crippen LogP contribution in [0.15, 0.2) is 76.5 Å². The molecule has 2 heterocycles. The van der Waals surface area contributed by atoms with Crippen molar-refractivity contribution in [3.8, 4) is 17.2 Å². The van der Waals surface area contributed by atoms with Crippen LogP contribution in [0.25, 0.3) is 0 Å². The predicted molar refractivity (Wildman–Crippen MR) is 164 cm³/mol. The van der Waals surface area contributed by atoms with E-state index in [0.717, 1.165) is 11.1 Å². The summed E-state index contributed by atoms with van der Waals surface area (Å²) in [6.07, 6.45) is 2.14. The van der Waals surface area contributed by atoms with Gasteiger partial charge in [0.2, 0.25) is 16.6 Å². The fraction of sp³-hybridized carbons (Fsp3) is 0.438. The minimum atomic E-state index is -4.06. The van der Waals surface area contributed by atoms with E-state index in [1.54, 1.807) is 34.9 Å². The topological polar surface area (TPSA) is 100 Å². The molecule has 0 spiro atoms. The van der Waals surface area contributed by atoms with Crippen molar-refractivity contribution in [3.05, 3.63) is 77.9 Å². The SMILES string of the molecule is CSc1ccc(COc2ccc(C[C@]3(S(=O)(=O)c4ccc5c(c4)OCO5)[C@@H](CC(C)C)OC(C)(C)N3CN)cc2)cc1. The summed E-state index contributed by atoms with van der Waals surface area (Å²) in [6, 6.07) is 20.7. The summed E-state index contributed by atoms with van der Waals surface area (Å²) in [4.78, 5) is 1.68. The van der Waals surface area contributed by atoms with Crippen molar-refractivity contribution < 1.29 is 27.4 Å². The Morgan fingerprint density at radius 3 is 2.31 bits per heavy atom. The Kier molecular flexibility index (Phi) is 8.83. The molecule has 0 radical (unpaired) electrons. The van der Waals surface area contributed by atoms with Crippen molar-refractivity contribution in [2.45, 2.75) is 73.6 Å². The largest absolute Gasteiger partial charge is 0.489 e. The van der Waals surface area contributed by atoms with Crippen LogP contribution in [-0.4, -0.2) is 49.7 Å². The molecule has 3 aromatic carbocycles. The van der Waals surface area contributed by atoms with Crippen LogP contribution in [0.5, 0.6) is 17.2 Å². The van der Waals surface area contributed by atoms with Crippen molar-refractivity contribution in [2.75, 3.05) is 19.7 Å². The first-order chi connectivity index (χ1) is 20.0. The summed E-state index contributed by atoms with van der Waals surface area (Å²) in [6.45, 7) is 8.40. The molecule has 1 fully saturated rings. The van der Waals surface area contributed by atoms with Crippen LogP contribution in [0, 0.1) is 5.92 Å². The van der Waals surface area contributed by atoms with Crippen LogP contribution in [0.2, 0.25) is 0 Å². The van der Waals surface area contributed by atoms with E-state index in [-0.39, 0.29) is 30.7 Å². The van der Waals surface area contributed by atoms with E-state index in [1.165, 1.54) is 4.90 Å². The Labute approximate surface area is 253 Å². The van der Waals surface area contributed by atoms with Crippen LogP contribution in [0.4, 0.5) is 0 Å². The minimum absolute atomic E-state index is 0.00188. The highest BCUT2D eigenvalue weighted by Crippen LogP contribution is 2.50. The summed E-state index contributed by atoms with van der Waals surface area (Å²) in [5, 5.41) is 0. The molecule has 0 amide bonds. The maximum atomic E-state index is 14.9. The van der Waals surface area contributed by atoms with Gasteiger partial charge in [-0.1, -0.05) is 38.1 Å². The minimum Gasteiger partial charge on any atom is -0.489 e. The fourth-order valence-electron chi connectivity index (χ4n) is 5.92. The van der Waals surface area contributed by atoms with Crippen LogP contribution < -0.4 is 19.9 Å².